The molecule has 1 heterocycles. The number of halogens is 1. The number of hydrazone groups is 1. The highest BCUT2D eigenvalue weighted by atomic mass is 35.5. The van der Waals surface area contributed by atoms with Crippen LogP contribution in [-0.2, 0) is 4.79 Å². The fourth-order valence-electron chi connectivity index (χ4n) is 1.57. The number of aromatic hydroxyl groups is 1. The van der Waals surface area contributed by atoms with Gasteiger partial charge in [-0.15, -0.1) is 0 Å². The Balaban J connectivity index is 2.41. The lowest BCUT2D eigenvalue weighted by Crippen LogP contribution is -2.25. The highest BCUT2D eigenvalue weighted by molar-refractivity contribution is 6.32. The van der Waals surface area contributed by atoms with Crippen molar-refractivity contribution in [3.63, 3.8) is 0 Å². The molecule has 5 heteroatoms. The zero-order chi connectivity index (χ0) is 11.7. The number of amides is 1. The highest BCUT2D eigenvalue weighted by Crippen LogP contribution is 2.27. The summed E-state index contributed by atoms with van der Waals surface area (Å²) in [6.07, 6.45) is 0.891. The second-order valence-corrected chi connectivity index (χ2v) is 4.12. The van der Waals surface area contributed by atoms with Crippen LogP contribution < -0.4 is 5.43 Å². The third-order valence-corrected chi connectivity index (χ3v) is 2.90. The van der Waals surface area contributed by atoms with Crippen LogP contribution in [-0.4, -0.2) is 16.7 Å². The average molecular weight is 239 g/mol. The van der Waals surface area contributed by atoms with Crippen LogP contribution in [0.1, 0.15) is 24.0 Å². The molecule has 4 nitrogen and oxygen atoms in total. The number of hydrogen-bond acceptors (Lipinski definition) is 3. The fraction of sp³-hybridized carbons (Fsp3) is 0.273. The minimum absolute atomic E-state index is 0.110. The van der Waals surface area contributed by atoms with Crippen LogP contribution in [0.25, 0.3) is 0 Å². The molecule has 16 heavy (non-hydrogen) atoms. The van der Waals surface area contributed by atoms with Crippen molar-refractivity contribution in [2.24, 2.45) is 5.10 Å². The van der Waals surface area contributed by atoms with Gasteiger partial charge in [0.25, 0.3) is 0 Å². The summed E-state index contributed by atoms with van der Waals surface area (Å²) in [6, 6.07) is 3.26. The van der Waals surface area contributed by atoms with E-state index in [4.69, 9.17) is 11.6 Å². The molecule has 84 valence electrons. The average Bonchev–Trinajstić information content (AvgIpc) is 2.25. The van der Waals surface area contributed by atoms with Gasteiger partial charge >= 0.3 is 0 Å². The molecule has 0 atom stereocenters. The van der Waals surface area contributed by atoms with Gasteiger partial charge in [0.2, 0.25) is 5.91 Å². The summed E-state index contributed by atoms with van der Waals surface area (Å²) in [6.45, 7) is 1.82. The lowest BCUT2D eigenvalue weighted by Gasteiger charge is -2.14. The van der Waals surface area contributed by atoms with Crippen molar-refractivity contribution >= 4 is 23.2 Å². The van der Waals surface area contributed by atoms with Gasteiger partial charge in [-0.25, -0.2) is 5.43 Å². The van der Waals surface area contributed by atoms with E-state index in [0.29, 0.717) is 29.1 Å². The van der Waals surface area contributed by atoms with Gasteiger partial charge in [0.05, 0.1) is 5.71 Å². The molecule has 0 saturated heterocycles. The summed E-state index contributed by atoms with van der Waals surface area (Å²) in [7, 11) is 0. The third kappa shape index (κ3) is 2.02. The number of carbonyl (C=O) groups excluding carboxylic acids is 1. The standard InChI is InChI=1S/C11H11ClN2O2/c1-6-4-10(15)7(5-8(6)12)9-2-3-11(16)14-13-9/h4-5,15H,2-3H2,1H3,(H,14,16). The van der Waals surface area contributed by atoms with Gasteiger partial charge in [0.15, 0.2) is 0 Å². The number of aryl methyl sites for hydroxylation is 1. The smallest absolute Gasteiger partial charge is 0.240 e. The molecule has 1 amide bonds. The van der Waals surface area contributed by atoms with E-state index < -0.39 is 0 Å². The maximum Gasteiger partial charge on any atom is 0.240 e. The molecular weight excluding hydrogens is 228 g/mol. The van der Waals surface area contributed by atoms with Gasteiger partial charge in [-0.3, -0.25) is 4.79 Å². The van der Waals surface area contributed by atoms with Gasteiger partial charge in [0.1, 0.15) is 5.75 Å². The quantitative estimate of drug-likeness (QED) is 0.786. The Labute approximate surface area is 97.9 Å². The molecular formula is C11H11ClN2O2. The molecule has 2 N–H and O–H groups in total. The van der Waals surface area contributed by atoms with Crippen LogP contribution in [0.15, 0.2) is 17.2 Å². The van der Waals surface area contributed by atoms with Gasteiger partial charge in [-0.05, 0) is 24.6 Å². The third-order valence-electron chi connectivity index (χ3n) is 2.49. The summed E-state index contributed by atoms with van der Waals surface area (Å²) < 4.78 is 0. The maximum atomic E-state index is 10.9. The number of rotatable bonds is 1. The molecule has 0 aromatic heterocycles. The van der Waals surface area contributed by atoms with Gasteiger partial charge in [-0.2, -0.15) is 5.10 Å². The number of phenolic OH excluding ortho intramolecular Hbond substituents is 1. The molecule has 0 aliphatic carbocycles. The zero-order valence-corrected chi connectivity index (χ0v) is 9.51. The van der Waals surface area contributed by atoms with Crippen molar-refractivity contribution in [1.29, 1.82) is 0 Å². The van der Waals surface area contributed by atoms with Gasteiger partial charge in [-0.1, -0.05) is 11.6 Å². The number of benzene rings is 1. The zero-order valence-electron chi connectivity index (χ0n) is 8.75. The fourth-order valence-corrected chi connectivity index (χ4v) is 1.73. The Morgan fingerprint density at radius 1 is 1.44 bits per heavy atom. The summed E-state index contributed by atoms with van der Waals surface area (Å²) >= 11 is 5.98. The van der Waals surface area contributed by atoms with Crippen molar-refractivity contribution in [2.75, 3.05) is 0 Å². The van der Waals surface area contributed by atoms with Crippen molar-refractivity contribution in [3.8, 4) is 5.75 Å². The second kappa shape index (κ2) is 4.14. The first-order valence-electron chi connectivity index (χ1n) is 4.93. The summed E-state index contributed by atoms with van der Waals surface area (Å²) in [4.78, 5) is 10.9. The first-order valence-corrected chi connectivity index (χ1v) is 5.30. The monoisotopic (exact) mass is 238 g/mol. The van der Waals surface area contributed by atoms with Gasteiger partial charge < -0.3 is 5.11 Å². The van der Waals surface area contributed by atoms with Crippen molar-refractivity contribution in [1.82, 2.24) is 5.43 Å². The molecule has 1 aromatic rings. The first kappa shape index (κ1) is 11.0. The van der Waals surface area contributed by atoms with E-state index in [-0.39, 0.29) is 11.7 Å². The summed E-state index contributed by atoms with van der Waals surface area (Å²) in [5.41, 5.74) is 4.43. The van der Waals surface area contributed by atoms with Crippen LogP contribution in [0.3, 0.4) is 0 Å². The van der Waals surface area contributed by atoms with E-state index >= 15 is 0 Å². The largest absolute Gasteiger partial charge is 0.507 e. The van der Waals surface area contributed by atoms with E-state index in [9.17, 15) is 9.90 Å². The van der Waals surface area contributed by atoms with Crippen LogP contribution in [0.5, 0.6) is 5.75 Å². The minimum atomic E-state index is -0.110. The lowest BCUT2D eigenvalue weighted by molar-refractivity contribution is -0.121. The second-order valence-electron chi connectivity index (χ2n) is 3.71. The summed E-state index contributed by atoms with van der Waals surface area (Å²) in [5, 5.41) is 14.3. The molecule has 0 bridgehead atoms. The lowest BCUT2D eigenvalue weighted by atomic mass is 10.0. The Morgan fingerprint density at radius 3 is 2.81 bits per heavy atom. The van der Waals surface area contributed by atoms with E-state index in [0.717, 1.165) is 5.56 Å². The Morgan fingerprint density at radius 2 is 2.19 bits per heavy atom. The molecule has 1 aliphatic rings. The van der Waals surface area contributed by atoms with Crippen LogP contribution in [0.2, 0.25) is 5.02 Å². The molecule has 1 aromatic carbocycles. The molecule has 0 spiro atoms. The van der Waals surface area contributed by atoms with Crippen molar-refractivity contribution < 1.29 is 9.90 Å². The number of phenols is 1. The molecule has 0 fully saturated rings. The van der Waals surface area contributed by atoms with Crippen molar-refractivity contribution in [3.05, 3.63) is 28.3 Å². The predicted molar refractivity (Wildman–Crippen MR) is 61.8 cm³/mol. The number of hydrogen-bond donors (Lipinski definition) is 2. The van der Waals surface area contributed by atoms with Crippen LogP contribution in [0.4, 0.5) is 0 Å². The molecule has 0 radical (unpaired) electrons. The van der Waals surface area contributed by atoms with E-state index in [1.165, 1.54) is 0 Å². The van der Waals surface area contributed by atoms with Crippen LogP contribution in [0, 0.1) is 6.92 Å². The van der Waals surface area contributed by atoms with Crippen LogP contribution >= 0.6 is 11.6 Å². The van der Waals surface area contributed by atoms with Gasteiger partial charge in [0, 0.05) is 23.4 Å². The molecule has 0 unspecified atom stereocenters. The maximum absolute atomic E-state index is 10.9. The Bertz CT molecular complexity index is 483. The van der Waals surface area contributed by atoms with Crippen molar-refractivity contribution in [2.45, 2.75) is 19.8 Å². The first-order chi connectivity index (χ1) is 7.58. The Hall–Kier alpha value is -1.55. The van der Waals surface area contributed by atoms with E-state index in [1.54, 1.807) is 12.1 Å². The molecule has 2 rings (SSSR count). The number of carbonyl (C=O) groups is 1. The topological polar surface area (TPSA) is 61.7 Å². The normalized spacial score (nSPS) is 15.6. The minimum Gasteiger partial charge on any atom is -0.507 e. The molecule has 0 saturated carbocycles. The Kier molecular flexibility index (Phi) is 2.83. The summed E-state index contributed by atoms with van der Waals surface area (Å²) in [5.74, 6) is 0.0262. The van der Waals surface area contributed by atoms with E-state index in [1.807, 2.05) is 6.92 Å². The number of nitrogens with zero attached hydrogens (tertiary/aromatic N) is 1. The molecule has 1 aliphatic heterocycles. The predicted octanol–water partition coefficient (Wildman–Crippen LogP) is 1.97. The van der Waals surface area contributed by atoms with E-state index in [2.05, 4.69) is 10.5 Å². The number of nitrogens with one attached hydrogen (secondary N) is 1. The SMILES string of the molecule is Cc1cc(O)c(C2=NNC(=O)CC2)cc1Cl. The highest BCUT2D eigenvalue weighted by Gasteiger charge is 2.17.